The molecule has 0 radical (unpaired) electrons. The third-order valence-electron chi connectivity index (χ3n) is 2.59. The van der Waals surface area contributed by atoms with Crippen LogP contribution in [0.4, 0.5) is 0 Å². The van der Waals surface area contributed by atoms with Gasteiger partial charge in [0.25, 0.3) is 0 Å². The summed E-state index contributed by atoms with van der Waals surface area (Å²) in [4.78, 5) is 3.65. The Morgan fingerprint density at radius 2 is 1.80 bits per heavy atom. The highest BCUT2D eigenvalue weighted by molar-refractivity contribution is 6.77. The minimum Gasteiger partial charge on any atom is -0.337 e. The van der Waals surface area contributed by atoms with Gasteiger partial charge in [0.05, 0.1) is 0 Å². The predicted molar refractivity (Wildman–Crippen MR) is 50.9 cm³/mol. The Morgan fingerprint density at radius 1 is 1.30 bits per heavy atom. The van der Waals surface area contributed by atoms with E-state index in [0.29, 0.717) is 0 Å². The fraction of sp³-hybridized carbons (Fsp3) is 1.00. The number of hydrogen-bond acceptors (Lipinski definition) is 1. The summed E-state index contributed by atoms with van der Waals surface area (Å²) >= 11 is 0. The molecular formula is C8H21NSi. The van der Waals surface area contributed by atoms with E-state index >= 15 is 0 Å². The Balaban J connectivity index is 3.94. The van der Waals surface area contributed by atoms with E-state index in [2.05, 4.69) is 39.2 Å². The molecule has 10 heavy (non-hydrogen) atoms. The summed E-state index contributed by atoms with van der Waals surface area (Å²) in [6.45, 7) is 12.7. The van der Waals surface area contributed by atoms with Crippen LogP contribution in [0, 0.1) is 0 Å². The minimum atomic E-state index is -1.05. The summed E-state index contributed by atoms with van der Waals surface area (Å²) in [5.41, 5.74) is 0.859. The first-order chi connectivity index (χ1) is 4.56. The van der Waals surface area contributed by atoms with Crippen molar-refractivity contribution in [2.75, 3.05) is 6.54 Å². The van der Waals surface area contributed by atoms with Crippen LogP contribution in [0.1, 0.15) is 27.7 Å². The maximum Gasteiger partial charge on any atom is 0.124 e. The van der Waals surface area contributed by atoms with Crippen molar-refractivity contribution in [3.63, 3.8) is 0 Å². The normalized spacial score (nSPS) is 17.4. The van der Waals surface area contributed by atoms with Crippen molar-refractivity contribution in [1.29, 1.82) is 0 Å². The first-order valence-corrected chi connectivity index (χ1v) is 7.10. The lowest BCUT2D eigenvalue weighted by atomic mass is 10.6. The van der Waals surface area contributed by atoms with Crippen LogP contribution in [0.15, 0.2) is 0 Å². The lowest BCUT2D eigenvalue weighted by Gasteiger charge is -2.30. The summed E-state index contributed by atoms with van der Waals surface area (Å²) in [5.74, 6) is 0. The molecule has 0 saturated heterocycles. The molecule has 0 amide bonds. The zero-order valence-electron chi connectivity index (χ0n) is 7.99. The third kappa shape index (κ3) is 2.43. The zero-order valence-corrected chi connectivity index (χ0v) is 8.99. The molecular weight excluding hydrogens is 138 g/mol. The summed E-state index contributed by atoms with van der Waals surface area (Å²) in [6, 6.07) is 1.35. The Hall–Kier alpha value is 0.177. The number of rotatable bonds is 4. The van der Waals surface area contributed by atoms with E-state index in [1.165, 1.54) is 6.04 Å². The largest absolute Gasteiger partial charge is 0.337 e. The Morgan fingerprint density at radius 3 is 1.90 bits per heavy atom. The lowest BCUT2D eigenvalue weighted by Crippen LogP contribution is -2.49. The molecule has 1 nitrogen and oxygen atoms in total. The van der Waals surface area contributed by atoms with Crippen LogP contribution in [-0.4, -0.2) is 14.8 Å². The van der Waals surface area contributed by atoms with Crippen molar-refractivity contribution in [2.24, 2.45) is 0 Å². The van der Waals surface area contributed by atoms with Crippen LogP contribution in [0.25, 0.3) is 0 Å². The van der Waals surface area contributed by atoms with E-state index in [-0.39, 0.29) is 0 Å². The Labute approximate surface area is 66.3 Å². The minimum absolute atomic E-state index is 0.859. The SMILES string of the molecule is CCN[Si](C)(CC)C(C)C. The van der Waals surface area contributed by atoms with Crippen LogP contribution in [0.3, 0.4) is 0 Å². The van der Waals surface area contributed by atoms with E-state index < -0.39 is 8.24 Å². The molecule has 62 valence electrons. The van der Waals surface area contributed by atoms with Gasteiger partial charge < -0.3 is 4.98 Å². The van der Waals surface area contributed by atoms with Crippen molar-refractivity contribution in [3.05, 3.63) is 0 Å². The van der Waals surface area contributed by atoms with Crippen LogP contribution in [-0.2, 0) is 0 Å². The second-order valence-electron chi connectivity index (χ2n) is 3.46. The average molecular weight is 159 g/mol. The summed E-state index contributed by atoms with van der Waals surface area (Å²) in [6.07, 6.45) is 0. The topological polar surface area (TPSA) is 12.0 Å². The molecule has 1 unspecified atom stereocenters. The molecule has 0 aromatic carbocycles. The third-order valence-corrected chi connectivity index (χ3v) is 7.77. The molecule has 0 spiro atoms. The molecule has 0 aromatic rings. The van der Waals surface area contributed by atoms with Gasteiger partial charge >= 0.3 is 0 Å². The standard InChI is InChI=1S/C8H21NSi/c1-6-9-10(5,7-2)8(3)4/h8-9H,6-7H2,1-5H3. The van der Waals surface area contributed by atoms with Gasteiger partial charge in [-0.3, -0.25) is 0 Å². The molecule has 0 aliphatic carbocycles. The van der Waals surface area contributed by atoms with Gasteiger partial charge in [0, 0.05) is 0 Å². The Kier molecular flexibility index (Phi) is 4.21. The molecule has 2 heteroatoms. The van der Waals surface area contributed by atoms with Gasteiger partial charge in [-0.25, -0.2) is 0 Å². The van der Waals surface area contributed by atoms with Gasteiger partial charge in [-0.15, -0.1) is 0 Å². The van der Waals surface area contributed by atoms with Crippen molar-refractivity contribution in [1.82, 2.24) is 4.98 Å². The van der Waals surface area contributed by atoms with Gasteiger partial charge in [-0.05, 0) is 18.1 Å². The van der Waals surface area contributed by atoms with E-state index in [9.17, 15) is 0 Å². The highest BCUT2D eigenvalue weighted by atomic mass is 28.3. The zero-order chi connectivity index (χ0) is 8.20. The second-order valence-corrected chi connectivity index (χ2v) is 8.51. The highest BCUT2D eigenvalue weighted by Crippen LogP contribution is 2.20. The van der Waals surface area contributed by atoms with Gasteiger partial charge in [0.15, 0.2) is 0 Å². The van der Waals surface area contributed by atoms with Crippen molar-refractivity contribution >= 4 is 8.24 Å². The smallest absolute Gasteiger partial charge is 0.124 e. The number of nitrogens with one attached hydrogen (secondary N) is 1. The van der Waals surface area contributed by atoms with E-state index in [1.54, 1.807) is 0 Å². The fourth-order valence-corrected chi connectivity index (χ4v) is 3.42. The fourth-order valence-electron chi connectivity index (χ4n) is 1.14. The molecule has 0 aliphatic heterocycles. The first kappa shape index (κ1) is 10.2. The maximum atomic E-state index is 3.65. The van der Waals surface area contributed by atoms with Crippen LogP contribution < -0.4 is 4.98 Å². The summed E-state index contributed by atoms with van der Waals surface area (Å²) < 4.78 is 0. The Bertz CT molecular complexity index is 93.3. The van der Waals surface area contributed by atoms with Gasteiger partial charge in [-0.2, -0.15) is 0 Å². The van der Waals surface area contributed by atoms with Crippen molar-refractivity contribution in [3.8, 4) is 0 Å². The van der Waals surface area contributed by atoms with Crippen molar-refractivity contribution < 1.29 is 0 Å². The summed E-state index contributed by atoms with van der Waals surface area (Å²) in [5, 5.41) is 0. The van der Waals surface area contributed by atoms with E-state index in [4.69, 9.17) is 0 Å². The quantitative estimate of drug-likeness (QED) is 0.622. The van der Waals surface area contributed by atoms with Crippen LogP contribution in [0.5, 0.6) is 0 Å². The molecule has 0 aliphatic rings. The maximum absolute atomic E-state index is 3.65. The molecule has 0 heterocycles. The molecule has 0 fully saturated rings. The molecule has 0 saturated carbocycles. The second kappa shape index (κ2) is 4.14. The monoisotopic (exact) mass is 159 g/mol. The van der Waals surface area contributed by atoms with Crippen molar-refractivity contribution in [2.45, 2.75) is 45.8 Å². The lowest BCUT2D eigenvalue weighted by molar-refractivity contribution is 0.864. The van der Waals surface area contributed by atoms with E-state index in [1.807, 2.05) is 0 Å². The van der Waals surface area contributed by atoms with Gasteiger partial charge in [0.1, 0.15) is 8.24 Å². The summed E-state index contributed by atoms with van der Waals surface area (Å²) in [7, 11) is -1.05. The predicted octanol–water partition coefficient (Wildman–Crippen LogP) is 2.60. The molecule has 0 rings (SSSR count). The first-order valence-electron chi connectivity index (χ1n) is 4.31. The van der Waals surface area contributed by atoms with E-state index in [0.717, 1.165) is 12.1 Å². The average Bonchev–Trinajstić information content (AvgIpc) is 1.88. The molecule has 0 bridgehead atoms. The van der Waals surface area contributed by atoms with Gasteiger partial charge in [0.2, 0.25) is 0 Å². The molecule has 1 N–H and O–H groups in total. The number of hydrogen-bond donors (Lipinski definition) is 1. The molecule has 1 atom stereocenters. The highest BCUT2D eigenvalue weighted by Gasteiger charge is 2.27. The van der Waals surface area contributed by atoms with Crippen LogP contribution in [0.2, 0.25) is 18.1 Å². The van der Waals surface area contributed by atoms with Gasteiger partial charge in [-0.1, -0.05) is 34.2 Å². The van der Waals surface area contributed by atoms with Crippen LogP contribution >= 0.6 is 0 Å². The molecule has 0 aromatic heterocycles.